The van der Waals surface area contributed by atoms with Gasteiger partial charge in [0.15, 0.2) is 0 Å². The summed E-state index contributed by atoms with van der Waals surface area (Å²) in [5.74, 6) is 7.89. The van der Waals surface area contributed by atoms with E-state index in [0.717, 1.165) is 11.8 Å². The molecule has 3 unspecified atom stereocenters. The highest BCUT2D eigenvalue weighted by atomic mass is 15.3. The number of likely N-dealkylation sites (tertiary alicyclic amines) is 1. The predicted octanol–water partition coefficient (Wildman–Crippen LogP) is 3.44. The minimum absolute atomic E-state index is 0.381. The normalized spacial score (nSPS) is 35.1. The molecule has 0 radical (unpaired) electrons. The first-order valence-corrected chi connectivity index (χ1v) is 9.51. The van der Waals surface area contributed by atoms with Crippen LogP contribution in [0.5, 0.6) is 0 Å². The maximum Gasteiger partial charge on any atom is 0.0423 e. The van der Waals surface area contributed by atoms with E-state index in [9.17, 15) is 0 Å². The molecule has 3 fully saturated rings. The lowest BCUT2D eigenvalue weighted by atomic mass is 9.70. The van der Waals surface area contributed by atoms with Crippen molar-refractivity contribution in [2.24, 2.45) is 17.7 Å². The standard InChI is InChI=1S/C18H35N3/c1-2-15-8-7-9-16(14-15)17(20-19)18(10-3-4-11-18)21-12-5-6-13-21/h15-17,20H,2-14,19H2,1H3. The van der Waals surface area contributed by atoms with E-state index < -0.39 is 0 Å². The van der Waals surface area contributed by atoms with Gasteiger partial charge in [-0.05, 0) is 63.5 Å². The zero-order chi connectivity index (χ0) is 14.7. The van der Waals surface area contributed by atoms with Gasteiger partial charge in [0.25, 0.3) is 0 Å². The van der Waals surface area contributed by atoms with Gasteiger partial charge >= 0.3 is 0 Å². The van der Waals surface area contributed by atoms with Crippen molar-refractivity contribution in [2.75, 3.05) is 13.1 Å². The number of nitrogens with two attached hydrogens (primary N) is 1. The topological polar surface area (TPSA) is 41.3 Å². The average Bonchev–Trinajstić information content (AvgIpc) is 3.20. The van der Waals surface area contributed by atoms with Crippen LogP contribution < -0.4 is 11.3 Å². The van der Waals surface area contributed by atoms with Gasteiger partial charge in [0.05, 0.1) is 0 Å². The molecule has 2 aliphatic carbocycles. The first kappa shape index (κ1) is 15.8. The van der Waals surface area contributed by atoms with Crippen molar-refractivity contribution in [2.45, 2.75) is 89.1 Å². The molecule has 3 rings (SSSR count). The largest absolute Gasteiger partial charge is 0.296 e. The molecule has 0 aromatic carbocycles. The lowest BCUT2D eigenvalue weighted by molar-refractivity contribution is 0.0335. The van der Waals surface area contributed by atoms with Crippen molar-refractivity contribution in [1.82, 2.24) is 10.3 Å². The molecule has 0 amide bonds. The summed E-state index contributed by atoms with van der Waals surface area (Å²) in [6.45, 7) is 4.98. The number of hydrazine groups is 1. The van der Waals surface area contributed by atoms with Crippen LogP contribution in [0.4, 0.5) is 0 Å². The summed E-state index contributed by atoms with van der Waals surface area (Å²) < 4.78 is 0. The van der Waals surface area contributed by atoms with Crippen LogP contribution in [0.25, 0.3) is 0 Å². The van der Waals surface area contributed by atoms with E-state index in [-0.39, 0.29) is 0 Å². The van der Waals surface area contributed by atoms with E-state index in [4.69, 9.17) is 5.84 Å². The lowest BCUT2D eigenvalue weighted by Gasteiger charge is -2.49. The van der Waals surface area contributed by atoms with Gasteiger partial charge in [0, 0.05) is 11.6 Å². The number of hydrogen-bond donors (Lipinski definition) is 2. The Hall–Kier alpha value is -0.120. The number of nitrogens with zero attached hydrogens (tertiary/aromatic N) is 1. The Labute approximate surface area is 131 Å². The summed E-state index contributed by atoms with van der Waals surface area (Å²) in [6.07, 6.45) is 15.3. The molecule has 3 nitrogen and oxygen atoms in total. The summed E-state index contributed by atoms with van der Waals surface area (Å²) in [7, 11) is 0. The zero-order valence-corrected chi connectivity index (χ0v) is 13.9. The fourth-order valence-electron chi connectivity index (χ4n) is 5.71. The molecule has 1 aliphatic heterocycles. The molecular weight excluding hydrogens is 258 g/mol. The average molecular weight is 293 g/mol. The number of hydrogen-bond acceptors (Lipinski definition) is 3. The molecule has 3 atom stereocenters. The molecule has 0 aromatic rings. The molecule has 0 aromatic heterocycles. The van der Waals surface area contributed by atoms with Gasteiger partial charge in [-0.15, -0.1) is 0 Å². The molecule has 122 valence electrons. The Bertz CT molecular complexity index is 318. The molecular formula is C18H35N3. The Balaban J connectivity index is 1.78. The zero-order valence-electron chi connectivity index (χ0n) is 13.9. The summed E-state index contributed by atoms with van der Waals surface area (Å²) >= 11 is 0. The molecule has 3 N–H and O–H groups in total. The second kappa shape index (κ2) is 6.97. The first-order valence-electron chi connectivity index (χ1n) is 9.51. The van der Waals surface area contributed by atoms with Gasteiger partial charge in [-0.2, -0.15) is 0 Å². The monoisotopic (exact) mass is 293 g/mol. The third-order valence-corrected chi connectivity index (χ3v) is 6.84. The van der Waals surface area contributed by atoms with E-state index in [2.05, 4.69) is 17.2 Å². The SMILES string of the molecule is CCC1CCCC(C(NN)C2(N3CCCC3)CCCC2)C1. The maximum atomic E-state index is 6.15. The summed E-state index contributed by atoms with van der Waals surface area (Å²) in [6, 6.07) is 0.521. The van der Waals surface area contributed by atoms with Gasteiger partial charge in [0.1, 0.15) is 0 Å². The lowest BCUT2D eigenvalue weighted by Crippen LogP contribution is -2.63. The fourth-order valence-corrected chi connectivity index (χ4v) is 5.71. The van der Waals surface area contributed by atoms with Crippen LogP contribution in [0.2, 0.25) is 0 Å². The Morgan fingerprint density at radius 1 is 1.10 bits per heavy atom. The smallest absolute Gasteiger partial charge is 0.0423 e. The minimum atomic E-state index is 0.381. The Morgan fingerprint density at radius 3 is 2.43 bits per heavy atom. The molecule has 1 heterocycles. The third kappa shape index (κ3) is 3.02. The maximum absolute atomic E-state index is 6.15. The van der Waals surface area contributed by atoms with Gasteiger partial charge in [0.2, 0.25) is 0 Å². The summed E-state index contributed by atoms with van der Waals surface area (Å²) in [5.41, 5.74) is 3.71. The second-order valence-corrected chi connectivity index (χ2v) is 7.85. The van der Waals surface area contributed by atoms with Gasteiger partial charge < -0.3 is 0 Å². The van der Waals surface area contributed by atoms with E-state index in [1.165, 1.54) is 83.7 Å². The Kier molecular flexibility index (Phi) is 5.23. The van der Waals surface area contributed by atoms with Crippen LogP contribution in [0.15, 0.2) is 0 Å². The molecule has 21 heavy (non-hydrogen) atoms. The molecule has 0 bridgehead atoms. The van der Waals surface area contributed by atoms with Crippen molar-refractivity contribution < 1.29 is 0 Å². The molecule has 2 saturated carbocycles. The quantitative estimate of drug-likeness (QED) is 0.602. The van der Waals surface area contributed by atoms with Crippen molar-refractivity contribution in [3.05, 3.63) is 0 Å². The minimum Gasteiger partial charge on any atom is -0.296 e. The van der Waals surface area contributed by atoms with Crippen molar-refractivity contribution in [1.29, 1.82) is 0 Å². The van der Waals surface area contributed by atoms with Gasteiger partial charge in [-0.25, -0.2) is 0 Å². The van der Waals surface area contributed by atoms with Gasteiger partial charge in [-0.3, -0.25) is 16.2 Å². The van der Waals surface area contributed by atoms with Gasteiger partial charge in [-0.1, -0.05) is 39.0 Å². The molecule has 3 aliphatic rings. The van der Waals surface area contributed by atoms with Crippen LogP contribution >= 0.6 is 0 Å². The van der Waals surface area contributed by atoms with E-state index in [1.807, 2.05) is 0 Å². The van der Waals surface area contributed by atoms with Crippen molar-refractivity contribution >= 4 is 0 Å². The van der Waals surface area contributed by atoms with Crippen LogP contribution in [0.3, 0.4) is 0 Å². The highest BCUT2D eigenvalue weighted by Crippen LogP contribution is 2.45. The van der Waals surface area contributed by atoms with Crippen molar-refractivity contribution in [3.8, 4) is 0 Å². The summed E-state index contributed by atoms with van der Waals surface area (Å²) in [4.78, 5) is 2.82. The number of nitrogens with one attached hydrogen (secondary N) is 1. The first-order chi connectivity index (χ1) is 10.3. The highest BCUT2D eigenvalue weighted by Gasteiger charge is 2.49. The van der Waals surface area contributed by atoms with Crippen LogP contribution in [-0.2, 0) is 0 Å². The third-order valence-electron chi connectivity index (χ3n) is 6.84. The summed E-state index contributed by atoms with van der Waals surface area (Å²) in [5, 5.41) is 0. The Morgan fingerprint density at radius 2 is 1.81 bits per heavy atom. The fraction of sp³-hybridized carbons (Fsp3) is 1.00. The second-order valence-electron chi connectivity index (χ2n) is 7.85. The molecule has 1 saturated heterocycles. The van der Waals surface area contributed by atoms with Crippen LogP contribution in [0.1, 0.15) is 77.6 Å². The van der Waals surface area contributed by atoms with Crippen molar-refractivity contribution in [3.63, 3.8) is 0 Å². The predicted molar refractivity (Wildman–Crippen MR) is 88.9 cm³/mol. The molecule has 0 spiro atoms. The van der Waals surface area contributed by atoms with E-state index >= 15 is 0 Å². The van der Waals surface area contributed by atoms with E-state index in [1.54, 1.807) is 0 Å². The van der Waals surface area contributed by atoms with Crippen LogP contribution in [-0.4, -0.2) is 29.6 Å². The van der Waals surface area contributed by atoms with Crippen LogP contribution in [0, 0.1) is 11.8 Å². The number of rotatable bonds is 5. The molecule has 3 heteroatoms. The van der Waals surface area contributed by atoms with E-state index in [0.29, 0.717) is 11.6 Å². The highest BCUT2D eigenvalue weighted by molar-refractivity contribution is 5.06.